The summed E-state index contributed by atoms with van der Waals surface area (Å²) in [5.74, 6) is 2.60. The number of anilines is 2. The third-order valence-electron chi connectivity index (χ3n) is 3.40. The van der Waals surface area contributed by atoms with Gasteiger partial charge in [-0.05, 0) is 25.1 Å². The monoisotopic (exact) mass is 306 g/mol. The minimum absolute atomic E-state index is 0.183. The van der Waals surface area contributed by atoms with Gasteiger partial charge in [-0.1, -0.05) is 12.1 Å². The average molecular weight is 306 g/mol. The van der Waals surface area contributed by atoms with Crippen molar-refractivity contribution in [3.63, 3.8) is 0 Å². The first kappa shape index (κ1) is 13.4. The number of hydrogen-bond acceptors (Lipinski definition) is 7. The predicted octanol–water partition coefficient (Wildman–Crippen LogP) is 1.46. The number of fused-ring (bicyclic) bond motifs is 1. The molecule has 0 saturated carbocycles. The van der Waals surface area contributed by atoms with Gasteiger partial charge in [0.05, 0.1) is 6.54 Å². The molecule has 0 radical (unpaired) electrons. The molecular formula is C15H14N8. The van der Waals surface area contributed by atoms with Crippen molar-refractivity contribution in [1.82, 2.24) is 24.3 Å². The summed E-state index contributed by atoms with van der Waals surface area (Å²) in [6.07, 6.45) is 5.80. The molecule has 0 amide bonds. The fraction of sp³-hybridized carbons (Fsp3) is 0.133. The first-order chi connectivity index (χ1) is 11.2. The lowest BCUT2D eigenvalue weighted by atomic mass is 10.3. The van der Waals surface area contributed by atoms with Crippen LogP contribution in [0.4, 0.5) is 11.8 Å². The molecule has 3 N–H and O–H groups in total. The fourth-order valence-corrected chi connectivity index (χ4v) is 2.48. The van der Waals surface area contributed by atoms with Gasteiger partial charge in [0.25, 0.3) is 0 Å². The number of nitrogens with one attached hydrogen (secondary N) is 1. The summed E-state index contributed by atoms with van der Waals surface area (Å²) in [6.45, 7) is 2.45. The van der Waals surface area contributed by atoms with Crippen molar-refractivity contribution in [2.24, 2.45) is 4.99 Å². The van der Waals surface area contributed by atoms with Gasteiger partial charge in [0.15, 0.2) is 11.6 Å². The van der Waals surface area contributed by atoms with Gasteiger partial charge in [-0.2, -0.15) is 9.97 Å². The zero-order valence-corrected chi connectivity index (χ0v) is 12.4. The third-order valence-corrected chi connectivity index (χ3v) is 3.40. The number of nitrogen functional groups attached to an aromatic ring is 1. The van der Waals surface area contributed by atoms with Gasteiger partial charge < -0.3 is 11.1 Å². The molecule has 0 atom stereocenters. The SMILES string of the molecule is Cc1nc(N)nc(-c2c(NC3=NCC=C3)nc3ccccn23)n1. The van der Waals surface area contributed by atoms with Crippen LogP contribution >= 0.6 is 0 Å². The lowest BCUT2D eigenvalue weighted by Crippen LogP contribution is -2.10. The minimum Gasteiger partial charge on any atom is -0.368 e. The second-order valence-corrected chi connectivity index (χ2v) is 5.06. The number of amidine groups is 1. The smallest absolute Gasteiger partial charge is 0.223 e. The molecule has 3 aromatic rings. The zero-order valence-electron chi connectivity index (χ0n) is 12.4. The van der Waals surface area contributed by atoms with Gasteiger partial charge in [0.1, 0.15) is 23.0 Å². The van der Waals surface area contributed by atoms with E-state index in [2.05, 4.69) is 30.2 Å². The van der Waals surface area contributed by atoms with E-state index in [-0.39, 0.29) is 5.95 Å². The van der Waals surface area contributed by atoms with Crippen molar-refractivity contribution < 1.29 is 0 Å². The molecule has 0 saturated heterocycles. The highest BCUT2D eigenvalue weighted by molar-refractivity contribution is 6.06. The molecule has 3 aromatic heterocycles. The lowest BCUT2D eigenvalue weighted by molar-refractivity contribution is 0.983. The van der Waals surface area contributed by atoms with Gasteiger partial charge in [-0.3, -0.25) is 9.39 Å². The molecule has 0 bridgehead atoms. The van der Waals surface area contributed by atoms with E-state index in [0.717, 1.165) is 17.2 Å². The highest BCUT2D eigenvalue weighted by Gasteiger charge is 2.18. The summed E-state index contributed by atoms with van der Waals surface area (Å²) in [4.78, 5) is 21.6. The number of hydrogen-bond donors (Lipinski definition) is 2. The number of pyridine rings is 1. The number of aliphatic imine (C=N–C) groups is 1. The third kappa shape index (κ3) is 2.39. The molecule has 23 heavy (non-hydrogen) atoms. The Morgan fingerprint density at radius 3 is 2.87 bits per heavy atom. The Balaban J connectivity index is 1.93. The van der Waals surface area contributed by atoms with Crippen LogP contribution < -0.4 is 11.1 Å². The maximum atomic E-state index is 5.78. The standard InChI is InChI=1S/C15H14N8/c1-9-18-13(22-15(16)19-9)12-14(20-10-5-4-7-17-10)21-11-6-2-3-8-23(11)12/h2-6,8H,7H2,1H3,(H,17,20)(H2,16,18,19,22). The number of aromatic nitrogens is 5. The molecule has 114 valence electrons. The molecule has 0 fully saturated rings. The van der Waals surface area contributed by atoms with Crippen molar-refractivity contribution in [3.05, 3.63) is 42.4 Å². The van der Waals surface area contributed by atoms with Crippen molar-refractivity contribution in [2.45, 2.75) is 6.92 Å². The second-order valence-electron chi connectivity index (χ2n) is 5.06. The van der Waals surface area contributed by atoms with E-state index >= 15 is 0 Å². The van der Waals surface area contributed by atoms with Gasteiger partial charge in [0, 0.05) is 6.20 Å². The number of nitrogens with two attached hydrogens (primary N) is 1. The minimum atomic E-state index is 0.183. The molecule has 4 rings (SSSR count). The fourth-order valence-electron chi connectivity index (χ4n) is 2.48. The van der Waals surface area contributed by atoms with Crippen LogP contribution in [0, 0.1) is 6.92 Å². The van der Waals surface area contributed by atoms with E-state index in [1.807, 2.05) is 40.9 Å². The van der Waals surface area contributed by atoms with Crippen LogP contribution in [-0.4, -0.2) is 36.7 Å². The van der Waals surface area contributed by atoms with Gasteiger partial charge in [-0.25, -0.2) is 9.97 Å². The molecule has 1 aliphatic heterocycles. The topological polar surface area (TPSA) is 106 Å². The van der Waals surface area contributed by atoms with Crippen LogP contribution in [-0.2, 0) is 0 Å². The largest absolute Gasteiger partial charge is 0.368 e. The Morgan fingerprint density at radius 2 is 2.09 bits per heavy atom. The molecule has 0 spiro atoms. The molecule has 0 unspecified atom stereocenters. The molecule has 8 nitrogen and oxygen atoms in total. The van der Waals surface area contributed by atoms with Crippen LogP contribution in [0.25, 0.3) is 17.2 Å². The number of nitrogens with zero attached hydrogens (tertiary/aromatic N) is 6. The number of rotatable bonds is 2. The highest BCUT2D eigenvalue weighted by atomic mass is 15.2. The normalized spacial score (nSPS) is 13.5. The Morgan fingerprint density at radius 1 is 1.17 bits per heavy atom. The van der Waals surface area contributed by atoms with Gasteiger partial charge >= 0.3 is 0 Å². The molecular weight excluding hydrogens is 292 g/mol. The summed E-state index contributed by atoms with van der Waals surface area (Å²) in [6, 6.07) is 5.76. The van der Waals surface area contributed by atoms with Crippen LogP contribution in [0.3, 0.4) is 0 Å². The maximum Gasteiger partial charge on any atom is 0.223 e. The van der Waals surface area contributed by atoms with Crippen LogP contribution in [0.15, 0.2) is 41.5 Å². The van der Waals surface area contributed by atoms with E-state index in [9.17, 15) is 0 Å². The lowest BCUT2D eigenvalue weighted by Gasteiger charge is -2.06. The van der Waals surface area contributed by atoms with Gasteiger partial charge in [0.2, 0.25) is 5.95 Å². The van der Waals surface area contributed by atoms with Crippen LogP contribution in [0.5, 0.6) is 0 Å². The first-order valence-corrected chi connectivity index (χ1v) is 7.14. The van der Waals surface area contributed by atoms with E-state index in [1.165, 1.54) is 0 Å². The quantitative estimate of drug-likeness (QED) is 0.742. The van der Waals surface area contributed by atoms with Crippen molar-refractivity contribution in [2.75, 3.05) is 17.6 Å². The van der Waals surface area contributed by atoms with Crippen molar-refractivity contribution >= 4 is 23.2 Å². The summed E-state index contributed by atoms with van der Waals surface area (Å²) >= 11 is 0. The van der Waals surface area contributed by atoms with Crippen LogP contribution in [0.1, 0.15) is 5.82 Å². The highest BCUT2D eigenvalue weighted by Crippen LogP contribution is 2.27. The van der Waals surface area contributed by atoms with Crippen LogP contribution in [0.2, 0.25) is 0 Å². The Hall–Kier alpha value is -3.29. The Bertz CT molecular complexity index is 933. The van der Waals surface area contributed by atoms with E-state index < -0.39 is 0 Å². The van der Waals surface area contributed by atoms with E-state index in [1.54, 1.807) is 6.92 Å². The summed E-state index contributed by atoms with van der Waals surface area (Å²) in [7, 11) is 0. The number of aryl methyl sites for hydroxylation is 1. The van der Waals surface area contributed by atoms with Gasteiger partial charge in [-0.15, -0.1) is 0 Å². The molecule has 0 aliphatic carbocycles. The zero-order chi connectivity index (χ0) is 15.8. The van der Waals surface area contributed by atoms with Crippen molar-refractivity contribution in [3.8, 4) is 11.5 Å². The number of imidazole rings is 1. The molecule has 0 aromatic carbocycles. The Labute approximate surface area is 131 Å². The Kier molecular flexibility index (Phi) is 3.00. The van der Waals surface area contributed by atoms with E-state index in [0.29, 0.717) is 24.0 Å². The molecule has 8 heteroatoms. The second kappa shape index (κ2) is 5.16. The predicted molar refractivity (Wildman–Crippen MR) is 88.2 cm³/mol. The molecule has 4 heterocycles. The summed E-state index contributed by atoms with van der Waals surface area (Å²) in [5, 5.41) is 3.23. The molecule has 1 aliphatic rings. The summed E-state index contributed by atoms with van der Waals surface area (Å²) < 4.78 is 1.91. The first-order valence-electron chi connectivity index (χ1n) is 7.14. The average Bonchev–Trinajstić information content (AvgIpc) is 3.13. The summed E-state index contributed by atoms with van der Waals surface area (Å²) in [5.41, 5.74) is 7.28. The van der Waals surface area contributed by atoms with E-state index in [4.69, 9.17) is 5.73 Å². The van der Waals surface area contributed by atoms with Crippen molar-refractivity contribution in [1.29, 1.82) is 0 Å². The maximum absolute atomic E-state index is 5.78.